The molecule has 29 heavy (non-hydrogen) atoms. The van der Waals surface area contributed by atoms with Gasteiger partial charge in [0.2, 0.25) is 0 Å². The third-order valence-electron chi connectivity index (χ3n) is 4.78. The zero-order valence-corrected chi connectivity index (χ0v) is 17.4. The van der Waals surface area contributed by atoms with Crippen molar-refractivity contribution >= 4 is 17.5 Å². The first-order valence-corrected chi connectivity index (χ1v) is 10.4. The van der Waals surface area contributed by atoms with Gasteiger partial charge in [-0.1, -0.05) is 36.0 Å². The Hall–Kier alpha value is -3.06. The molecular formula is C22H22N4O2S. The van der Waals surface area contributed by atoms with Crippen LogP contribution in [0.1, 0.15) is 33.1 Å². The molecule has 0 atom stereocenters. The fraction of sp³-hybridized carbons (Fsp3) is 0.227. The summed E-state index contributed by atoms with van der Waals surface area (Å²) in [5, 5.41) is 9.51. The van der Waals surface area contributed by atoms with Gasteiger partial charge < -0.3 is 9.40 Å². The Bertz CT molecular complexity index is 1140. The first-order chi connectivity index (χ1) is 14.0. The van der Waals surface area contributed by atoms with E-state index in [1.807, 2.05) is 54.8 Å². The Labute approximate surface area is 173 Å². The predicted octanol–water partition coefficient (Wildman–Crippen LogP) is 4.81. The van der Waals surface area contributed by atoms with Crippen molar-refractivity contribution in [2.75, 3.05) is 5.75 Å². The summed E-state index contributed by atoms with van der Waals surface area (Å²) in [5.41, 5.74) is 4.74. The molecule has 0 aliphatic rings. The average molecular weight is 407 g/mol. The normalized spacial score (nSPS) is 11.1. The van der Waals surface area contributed by atoms with E-state index in [9.17, 15) is 4.79 Å². The number of aromatic amines is 1. The highest BCUT2D eigenvalue weighted by Crippen LogP contribution is 2.28. The molecule has 0 aliphatic heterocycles. The number of Topliss-reactive ketones (excluding diaryl/α,β-unsaturated/α-hetero) is 1. The summed E-state index contributed by atoms with van der Waals surface area (Å²) in [4.78, 5) is 15.9. The molecule has 0 aliphatic carbocycles. The maximum Gasteiger partial charge on any atom is 0.192 e. The van der Waals surface area contributed by atoms with Crippen LogP contribution in [-0.4, -0.2) is 31.3 Å². The van der Waals surface area contributed by atoms with E-state index in [1.165, 1.54) is 11.8 Å². The molecule has 3 aromatic heterocycles. The smallest absolute Gasteiger partial charge is 0.192 e. The number of furan rings is 1. The van der Waals surface area contributed by atoms with Gasteiger partial charge in [-0.15, -0.1) is 10.2 Å². The van der Waals surface area contributed by atoms with Crippen molar-refractivity contribution in [2.24, 2.45) is 0 Å². The van der Waals surface area contributed by atoms with Crippen molar-refractivity contribution in [3.05, 3.63) is 77.0 Å². The number of rotatable bonds is 7. The maximum absolute atomic E-state index is 12.7. The lowest BCUT2D eigenvalue weighted by Crippen LogP contribution is -2.07. The first kappa shape index (κ1) is 19.3. The number of nitrogens with zero attached hydrogens (tertiary/aromatic N) is 3. The Morgan fingerprint density at radius 2 is 1.97 bits per heavy atom. The van der Waals surface area contributed by atoms with Crippen LogP contribution >= 0.6 is 11.8 Å². The summed E-state index contributed by atoms with van der Waals surface area (Å²) < 4.78 is 7.55. The van der Waals surface area contributed by atoms with Gasteiger partial charge in [0.05, 0.1) is 18.6 Å². The molecule has 0 saturated carbocycles. The van der Waals surface area contributed by atoms with Gasteiger partial charge in [-0.05, 0) is 44.5 Å². The third kappa shape index (κ3) is 4.05. The van der Waals surface area contributed by atoms with E-state index in [0.717, 1.165) is 39.7 Å². The van der Waals surface area contributed by atoms with Gasteiger partial charge >= 0.3 is 0 Å². The number of hydrogen-bond donors (Lipinski definition) is 1. The summed E-state index contributed by atoms with van der Waals surface area (Å²) in [6.45, 7) is 6.42. The molecule has 1 aromatic carbocycles. The minimum absolute atomic E-state index is 0.0711. The van der Waals surface area contributed by atoms with Crippen LogP contribution in [0.2, 0.25) is 0 Å². The van der Waals surface area contributed by atoms with Crippen LogP contribution in [0.15, 0.2) is 58.3 Å². The van der Waals surface area contributed by atoms with Crippen molar-refractivity contribution in [1.29, 1.82) is 0 Å². The van der Waals surface area contributed by atoms with E-state index in [0.29, 0.717) is 17.5 Å². The molecule has 0 radical (unpaired) electrons. The number of nitrogens with one attached hydrogen (secondary N) is 1. The van der Waals surface area contributed by atoms with Crippen LogP contribution in [-0.2, 0) is 6.54 Å². The van der Waals surface area contributed by atoms with E-state index >= 15 is 0 Å². The number of aromatic nitrogens is 4. The van der Waals surface area contributed by atoms with Crippen molar-refractivity contribution < 1.29 is 9.21 Å². The molecule has 4 rings (SSSR count). The molecule has 1 N–H and O–H groups in total. The predicted molar refractivity (Wildman–Crippen MR) is 113 cm³/mol. The van der Waals surface area contributed by atoms with E-state index in [4.69, 9.17) is 4.42 Å². The lowest BCUT2D eigenvalue weighted by Gasteiger charge is -2.10. The second-order valence-electron chi connectivity index (χ2n) is 6.99. The second kappa shape index (κ2) is 8.13. The number of carbonyl (C=O) groups is 1. The Kier molecular flexibility index (Phi) is 5.40. The first-order valence-electron chi connectivity index (χ1n) is 9.36. The number of H-pyrrole nitrogens is 1. The molecule has 0 unspecified atom stereocenters. The standard InChI is InChI=1S/C22H22N4O2S/c1-14-7-4-5-9-18(14)21-24-25-22(26(21)12-17-8-6-10-28-17)29-13-20(27)19-11-15(2)23-16(19)3/h4-11,23H,12-13H2,1-3H3. The van der Waals surface area contributed by atoms with Gasteiger partial charge in [0.15, 0.2) is 16.8 Å². The molecule has 148 valence electrons. The van der Waals surface area contributed by atoms with Gasteiger partial charge in [-0.2, -0.15) is 0 Å². The molecule has 4 aromatic rings. The molecule has 0 spiro atoms. The van der Waals surface area contributed by atoms with Crippen LogP contribution in [0.4, 0.5) is 0 Å². The molecule has 0 fully saturated rings. The highest BCUT2D eigenvalue weighted by atomic mass is 32.2. The number of carbonyl (C=O) groups excluding carboxylic acids is 1. The Morgan fingerprint density at radius 1 is 1.14 bits per heavy atom. The van der Waals surface area contributed by atoms with Crippen LogP contribution in [0.5, 0.6) is 0 Å². The second-order valence-corrected chi connectivity index (χ2v) is 7.93. The number of thioether (sulfide) groups is 1. The van der Waals surface area contributed by atoms with Crippen molar-refractivity contribution in [1.82, 2.24) is 19.7 Å². The van der Waals surface area contributed by atoms with Gasteiger partial charge in [0.25, 0.3) is 0 Å². The van der Waals surface area contributed by atoms with Crippen molar-refractivity contribution in [2.45, 2.75) is 32.5 Å². The quantitative estimate of drug-likeness (QED) is 0.352. The fourth-order valence-electron chi connectivity index (χ4n) is 3.34. The summed E-state index contributed by atoms with van der Waals surface area (Å²) in [6, 6.07) is 13.7. The zero-order valence-electron chi connectivity index (χ0n) is 16.6. The average Bonchev–Trinajstić information content (AvgIpc) is 3.42. The highest BCUT2D eigenvalue weighted by molar-refractivity contribution is 7.99. The van der Waals surface area contributed by atoms with Crippen LogP contribution in [0.3, 0.4) is 0 Å². The van der Waals surface area contributed by atoms with Gasteiger partial charge in [-0.25, -0.2) is 0 Å². The summed E-state index contributed by atoms with van der Waals surface area (Å²) >= 11 is 1.40. The number of hydrogen-bond acceptors (Lipinski definition) is 5. The lowest BCUT2D eigenvalue weighted by molar-refractivity contribution is 0.102. The molecule has 0 bridgehead atoms. The molecule has 7 heteroatoms. The van der Waals surface area contributed by atoms with E-state index in [2.05, 4.69) is 28.2 Å². The molecule has 6 nitrogen and oxygen atoms in total. The maximum atomic E-state index is 12.7. The number of ketones is 1. The minimum atomic E-state index is 0.0711. The van der Waals surface area contributed by atoms with Crippen LogP contribution in [0.25, 0.3) is 11.4 Å². The van der Waals surface area contributed by atoms with Gasteiger partial charge in [0.1, 0.15) is 5.76 Å². The zero-order chi connectivity index (χ0) is 20.4. The number of aryl methyl sites for hydroxylation is 3. The Morgan fingerprint density at radius 3 is 2.66 bits per heavy atom. The summed E-state index contributed by atoms with van der Waals surface area (Å²) in [5.74, 6) is 1.94. The molecule has 3 heterocycles. The van der Waals surface area contributed by atoms with E-state index in [1.54, 1.807) is 6.26 Å². The van der Waals surface area contributed by atoms with E-state index < -0.39 is 0 Å². The molecular weight excluding hydrogens is 384 g/mol. The highest BCUT2D eigenvalue weighted by Gasteiger charge is 2.19. The SMILES string of the molecule is Cc1cc(C(=O)CSc2nnc(-c3ccccc3C)n2Cc2ccco2)c(C)[nH]1. The number of benzene rings is 1. The van der Waals surface area contributed by atoms with Crippen molar-refractivity contribution in [3.63, 3.8) is 0 Å². The monoisotopic (exact) mass is 406 g/mol. The van der Waals surface area contributed by atoms with Crippen molar-refractivity contribution in [3.8, 4) is 11.4 Å². The van der Waals surface area contributed by atoms with Crippen LogP contribution in [0, 0.1) is 20.8 Å². The van der Waals surface area contributed by atoms with Crippen LogP contribution < -0.4 is 0 Å². The molecule has 0 amide bonds. The fourth-order valence-corrected chi connectivity index (χ4v) is 4.16. The van der Waals surface area contributed by atoms with Gasteiger partial charge in [-0.3, -0.25) is 9.36 Å². The Balaban J connectivity index is 1.63. The largest absolute Gasteiger partial charge is 0.467 e. The third-order valence-corrected chi connectivity index (χ3v) is 5.75. The molecule has 0 saturated heterocycles. The summed E-state index contributed by atoms with van der Waals surface area (Å²) in [6.07, 6.45) is 1.65. The van der Waals surface area contributed by atoms with Gasteiger partial charge in [0, 0.05) is 22.5 Å². The minimum Gasteiger partial charge on any atom is -0.467 e. The topological polar surface area (TPSA) is 76.7 Å². The summed E-state index contributed by atoms with van der Waals surface area (Å²) in [7, 11) is 0. The van der Waals surface area contributed by atoms with E-state index in [-0.39, 0.29) is 5.78 Å². The lowest BCUT2D eigenvalue weighted by atomic mass is 10.1.